The van der Waals surface area contributed by atoms with Gasteiger partial charge in [0, 0.05) is 24.7 Å². The molecule has 74 valence electrons. The molecule has 3 N–H and O–H groups in total. The molecule has 0 fully saturated rings. The number of aliphatic hydroxyl groups is 1. The Labute approximate surface area is 81.2 Å². The Balaban J connectivity index is 2.57. The van der Waals surface area contributed by atoms with E-state index >= 15 is 0 Å². The zero-order valence-corrected chi connectivity index (χ0v) is 7.72. The minimum Gasteiger partial charge on any atom is -0.396 e. The van der Waals surface area contributed by atoms with Gasteiger partial charge < -0.3 is 10.8 Å². The average Bonchev–Trinajstić information content (AvgIpc) is 2.62. The number of aliphatic hydroxyl groups excluding tert-OH is 1. The van der Waals surface area contributed by atoms with Crippen LogP contribution in [-0.2, 0) is 13.0 Å². The first kappa shape index (κ1) is 9.11. The number of hydrogen-bond donors (Lipinski definition) is 2. The van der Waals surface area contributed by atoms with Gasteiger partial charge in [0.25, 0.3) is 0 Å². The summed E-state index contributed by atoms with van der Waals surface area (Å²) < 4.78 is 1.86. The predicted molar refractivity (Wildman–Crippen MR) is 51.7 cm³/mol. The van der Waals surface area contributed by atoms with E-state index in [4.69, 9.17) is 10.8 Å². The van der Waals surface area contributed by atoms with Gasteiger partial charge in [0.05, 0.1) is 6.61 Å². The molecule has 0 saturated heterocycles. The maximum absolute atomic E-state index is 8.82. The van der Waals surface area contributed by atoms with Crippen LogP contribution < -0.4 is 5.73 Å². The third-order valence-electron chi connectivity index (χ3n) is 2.14. The Kier molecular flexibility index (Phi) is 2.43. The quantitative estimate of drug-likeness (QED) is 0.701. The Hall–Kier alpha value is -1.46. The first-order valence-electron chi connectivity index (χ1n) is 4.49. The highest BCUT2D eigenvalue weighted by Crippen LogP contribution is 2.09. The molecule has 0 aliphatic heterocycles. The molecule has 0 radical (unpaired) electrons. The van der Waals surface area contributed by atoms with Crippen LogP contribution >= 0.6 is 0 Å². The van der Waals surface area contributed by atoms with Gasteiger partial charge in [0.2, 0.25) is 0 Å². The summed E-state index contributed by atoms with van der Waals surface area (Å²) in [6.45, 7) is 0.523. The lowest BCUT2D eigenvalue weighted by molar-refractivity contribution is 0.296. The normalized spacial score (nSPS) is 11.0. The smallest absolute Gasteiger partial charge is 0.165 e. The van der Waals surface area contributed by atoms with Crippen LogP contribution in [0.25, 0.3) is 5.65 Å². The number of rotatable bonds is 3. The number of nitrogens with zero attached hydrogens (tertiary/aromatic N) is 3. The van der Waals surface area contributed by atoms with E-state index in [0.29, 0.717) is 13.0 Å². The van der Waals surface area contributed by atoms with Gasteiger partial charge in [-0.25, -0.2) is 0 Å². The van der Waals surface area contributed by atoms with Gasteiger partial charge in [0.1, 0.15) is 5.82 Å². The van der Waals surface area contributed by atoms with Crippen LogP contribution in [0.1, 0.15) is 11.4 Å². The summed E-state index contributed by atoms with van der Waals surface area (Å²) in [5.41, 5.74) is 7.31. The van der Waals surface area contributed by atoms with Crippen molar-refractivity contribution < 1.29 is 5.11 Å². The molecule has 5 heteroatoms. The highest BCUT2D eigenvalue weighted by atomic mass is 16.3. The summed E-state index contributed by atoms with van der Waals surface area (Å²) >= 11 is 0. The second kappa shape index (κ2) is 3.73. The topological polar surface area (TPSA) is 76.4 Å². The molecule has 2 rings (SSSR count). The van der Waals surface area contributed by atoms with E-state index in [0.717, 1.165) is 17.0 Å². The fourth-order valence-corrected chi connectivity index (χ4v) is 1.45. The van der Waals surface area contributed by atoms with Crippen molar-refractivity contribution in [2.75, 3.05) is 6.61 Å². The number of hydrogen-bond acceptors (Lipinski definition) is 4. The van der Waals surface area contributed by atoms with Gasteiger partial charge in [-0.1, -0.05) is 6.07 Å². The van der Waals surface area contributed by atoms with Crippen molar-refractivity contribution in [3.05, 3.63) is 29.7 Å². The molecular weight excluding hydrogens is 180 g/mol. The molecule has 2 aromatic rings. The molecular formula is C9H12N4O. The molecule has 0 saturated carbocycles. The summed E-state index contributed by atoms with van der Waals surface area (Å²) in [4.78, 5) is 0. The van der Waals surface area contributed by atoms with Crippen LogP contribution in [0.15, 0.2) is 18.3 Å². The average molecular weight is 192 g/mol. The van der Waals surface area contributed by atoms with E-state index in [1.165, 1.54) is 0 Å². The molecule has 2 heterocycles. The lowest BCUT2D eigenvalue weighted by Crippen LogP contribution is -2.02. The molecule has 14 heavy (non-hydrogen) atoms. The van der Waals surface area contributed by atoms with Gasteiger partial charge in [-0.15, -0.1) is 10.2 Å². The van der Waals surface area contributed by atoms with Crippen molar-refractivity contribution in [3.8, 4) is 0 Å². The summed E-state index contributed by atoms with van der Waals surface area (Å²) in [5.74, 6) is 0.762. The fraction of sp³-hybridized carbons (Fsp3) is 0.333. The molecule has 0 aliphatic carbocycles. The summed E-state index contributed by atoms with van der Waals surface area (Å²) in [6.07, 6.45) is 2.38. The minimum absolute atomic E-state index is 0.0770. The van der Waals surface area contributed by atoms with Crippen LogP contribution in [0.3, 0.4) is 0 Å². The third kappa shape index (κ3) is 1.36. The Bertz CT molecular complexity index is 437. The van der Waals surface area contributed by atoms with Crippen LogP contribution in [-0.4, -0.2) is 26.3 Å². The molecule has 0 spiro atoms. The van der Waals surface area contributed by atoms with Crippen molar-refractivity contribution in [1.29, 1.82) is 0 Å². The maximum atomic E-state index is 8.82. The molecule has 0 aliphatic rings. The molecule has 0 atom stereocenters. The lowest BCUT2D eigenvalue weighted by atomic mass is 10.2. The minimum atomic E-state index is 0.0770. The first-order chi connectivity index (χ1) is 6.86. The third-order valence-corrected chi connectivity index (χ3v) is 2.14. The maximum Gasteiger partial charge on any atom is 0.165 e. The van der Waals surface area contributed by atoms with Crippen LogP contribution in [0.5, 0.6) is 0 Å². The first-order valence-corrected chi connectivity index (χ1v) is 4.49. The molecule has 2 aromatic heterocycles. The van der Waals surface area contributed by atoms with E-state index < -0.39 is 0 Å². The second-order valence-corrected chi connectivity index (χ2v) is 3.02. The van der Waals surface area contributed by atoms with Gasteiger partial charge in [0.15, 0.2) is 5.65 Å². The zero-order chi connectivity index (χ0) is 9.97. The second-order valence-electron chi connectivity index (χ2n) is 3.02. The van der Waals surface area contributed by atoms with Crippen molar-refractivity contribution in [3.63, 3.8) is 0 Å². The van der Waals surface area contributed by atoms with Crippen LogP contribution in [0, 0.1) is 0 Å². The van der Waals surface area contributed by atoms with E-state index in [1.807, 2.05) is 22.7 Å². The summed E-state index contributed by atoms with van der Waals surface area (Å²) in [6, 6.07) is 3.83. The lowest BCUT2D eigenvalue weighted by Gasteiger charge is -2.00. The SMILES string of the molecule is NCc1cccn2c(CCO)nnc12. The van der Waals surface area contributed by atoms with Crippen molar-refractivity contribution in [2.24, 2.45) is 5.73 Å². The number of pyridine rings is 1. The number of fused-ring (bicyclic) bond motifs is 1. The molecule has 0 unspecified atom stereocenters. The van der Waals surface area contributed by atoms with Gasteiger partial charge in [-0.05, 0) is 6.07 Å². The molecule has 0 aromatic carbocycles. The monoisotopic (exact) mass is 192 g/mol. The Morgan fingerprint density at radius 2 is 2.29 bits per heavy atom. The Morgan fingerprint density at radius 3 is 3.00 bits per heavy atom. The van der Waals surface area contributed by atoms with Crippen molar-refractivity contribution in [1.82, 2.24) is 14.6 Å². The van der Waals surface area contributed by atoms with Crippen molar-refractivity contribution >= 4 is 5.65 Å². The van der Waals surface area contributed by atoms with E-state index in [9.17, 15) is 0 Å². The molecule has 0 bridgehead atoms. The fourth-order valence-electron chi connectivity index (χ4n) is 1.45. The molecule has 5 nitrogen and oxygen atoms in total. The standard InChI is InChI=1S/C9H12N4O/c10-6-7-2-1-4-13-8(3-5-14)11-12-9(7)13/h1-2,4,14H,3,5-6,10H2. The van der Waals surface area contributed by atoms with Gasteiger partial charge in [-0.3, -0.25) is 4.40 Å². The predicted octanol–water partition coefficient (Wildman–Crippen LogP) is -0.277. The number of nitrogens with two attached hydrogens (primary N) is 1. The zero-order valence-electron chi connectivity index (χ0n) is 7.72. The van der Waals surface area contributed by atoms with Crippen LogP contribution in [0.2, 0.25) is 0 Å². The van der Waals surface area contributed by atoms with Gasteiger partial charge >= 0.3 is 0 Å². The van der Waals surface area contributed by atoms with Crippen LogP contribution in [0.4, 0.5) is 0 Å². The van der Waals surface area contributed by atoms with E-state index in [-0.39, 0.29) is 6.61 Å². The highest BCUT2D eigenvalue weighted by Gasteiger charge is 2.06. The van der Waals surface area contributed by atoms with E-state index in [2.05, 4.69) is 10.2 Å². The summed E-state index contributed by atoms with van der Waals surface area (Å²) in [5, 5.41) is 16.8. The Morgan fingerprint density at radius 1 is 1.43 bits per heavy atom. The largest absolute Gasteiger partial charge is 0.396 e. The number of aromatic nitrogens is 3. The summed E-state index contributed by atoms with van der Waals surface area (Å²) in [7, 11) is 0. The molecule has 0 amide bonds. The van der Waals surface area contributed by atoms with Crippen molar-refractivity contribution in [2.45, 2.75) is 13.0 Å². The van der Waals surface area contributed by atoms with E-state index in [1.54, 1.807) is 0 Å². The highest BCUT2D eigenvalue weighted by molar-refractivity contribution is 5.47. The van der Waals surface area contributed by atoms with Gasteiger partial charge in [-0.2, -0.15) is 0 Å².